The quantitative estimate of drug-likeness (QED) is 0.557. The lowest BCUT2D eigenvalue weighted by molar-refractivity contribution is -0.129. The molecule has 1 aliphatic rings. The molecule has 1 aliphatic heterocycles. The van der Waals surface area contributed by atoms with Gasteiger partial charge < -0.3 is 9.47 Å². The van der Waals surface area contributed by atoms with Crippen LogP contribution < -0.4 is 0 Å². The zero-order valence-electron chi connectivity index (χ0n) is 5.52. The van der Waals surface area contributed by atoms with E-state index in [4.69, 9.17) is 21.1 Å². The number of methoxy groups -OCH3 is 1. The molecule has 1 heterocycles. The smallest absolute Gasteiger partial charge is 0.0578 e. The fraction of sp³-hybridized carbons (Fsp3) is 1.00. The van der Waals surface area contributed by atoms with Gasteiger partial charge in [-0.25, -0.2) is 0 Å². The Hall–Kier alpha value is 0.210. The van der Waals surface area contributed by atoms with Crippen LogP contribution in [0.1, 0.15) is 0 Å². The predicted molar refractivity (Wildman–Crippen MR) is 35.8 cm³/mol. The van der Waals surface area contributed by atoms with Gasteiger partial charge in [0, 0.05) is 13.0 Å². The third-order valence-corrected chi connectivity index (χ3v) is 2.12. The molecule has 0 aromatic carbocycles. The number of alkyl halides is 1. The molecule has 1 saturated heterocycles. The van der Waals surface area contributed by atoms with Crippen LogP contribution in [0.15, 0.2) is 0 Å². The second-order valence-corrected chi connectivity index (χ2v) is 2.83. The summed E-state index contributed by atoms with van der Waals surface area (Å²) in [6, 6.07) is 0. The zero-order chi connectivity index (χ0) is 6.74. The second-order valence-electron chi connectivity index (χ2n) is 2.56. The first kappa shape index (κ1) is 7.32. The minimum Gasteiger partial charge on any atom is -0.384 e. The van der Waals surface area contributed by atoms with Crippen LogP contribution >= 0.6 is 11.6 Å². The molecule has 0 N–H and O–H groups in total. The van der Waals surface area contributed by atoms with Gasteiger partial charge >= 0.3 is 0 Å². The van der Waals surface area contributed by atoms with Gasteiger partial charge in [-0.05, 0) is 0 Å². The van der Waals surface area contributed by atoms with Crippen molar-refractivity contribution in [1.29, 1.82) is 0 Å². The van der Waals surface area contributed by atoms with Crippen LogP contribution in [0, 0.1) is 5.41 Å². The fourth-order valence-corrected chi connectivity index (χ4v) is 1.13. The SMILES string of the molecule is COCC1(CCl)COC1. The van der Waals surface area contributed by atoms with E-state index in [1.807, 2.05) is 0 Å². The number of ether oxygens (including phenoxy) is 2. The van der Waals surface area contributed by atoms with E-state index in [0.29, 0.717) is 5.88 Å². The molecule has 1 rings (SSSR count). The number of halogens is 1. The van der Waals surface area contributed by atoms with Gasteiger partial charge in [0.15, 0.2) is 0 Å². The summed E-state index contributed by atoms with van der Waals surface area (Å²) in [5, 5.41) is 0. The number of hydrogen-bond donors (Lipinski definition) is 0. The Bertz CT molecular complexity index is 85.5. The largest absolute Gasteiger partial charge is 0.384 e. The molecule has 0 aliphatic carbocycles. The molecule has 54 valence electrons. The van der Waals surface area contributed by atoms with Crippen molar-refractivity contribution in [2.45, 2.75) is 0 Å². The highest BCUT2D eigenvalue weighted by Gasteiger charge is 2.37. The summed E-state index contributed by atoms with van der Waals surface area (Å²) in [7, 11) is 1.69. The number of hydrogen-bond acceptors (Lipinski definition) is 2. The lowest BCUT2D eigenvalue weighted by Gasteiger charge is -2.38. The molecule has 0 amide bonds. The van der Waals surface area contributed by atoms with Crippen LogP contribution in [0.25, 0.3) is 0 Å². The Morgan fingerprint density at radius 1 is 1.67 bits per heavy atom. The zero-order valence-corrected chi connectivity index (χ0v) is 6.28. The van der Waals surface area contributed by atoms with Crippen molar-refractivity contribution in [1.82, 2.24) is 0 Å². The van der Waals surface area contributed by atoms with Crippen molar-refractivity contribution in [3.63, 3.8) is 0 Å². The second kappa shape index (κ2) is 2.86. The van der Waals surface area contributed by atoms with Crippen molar-refractivity contribution in [3.8, 4) is 0 Å². The summed E-state index contributed by atoms with van der Waals surface area (Å²) in [5.41, 5.74) is 0.135. The van der Waals surface area contributed by atoms with Gasteiger partial charge in [-0.1, -0.05) is 0 Å². The summed E-state index contributed by atoms with van der Waals surface area (Å²) in [6.07, 6.45) is 0. The van der Waals surface area contributed by atoms with Crippen molar-refractivity contribution in [3.05, 3.63) is 0 Å². The molecular weight excluding hydrogens is 140 g/mol. The van der Waals surface area contributed by atoms with Gasteiger partial charge in [0.05, 0.1) is 25.2 Å². The minimum atomic E-state index is 0.135. The van der Waals surface area contributed by atoms with Gasteiger partial charge in [0.1, 0.15) is 0 Å². The van der Waals surface area contributed by atoms with Crippen molar-refractivity contribution in [2.24, 2.45) is 5.41 Å². The highest BCUT2D eigenvalue weighted by atomic mass is 35.5. The summed E-state index contributed by atoms with van der Waals surface area (Å²) in [5.74, 6) is 0.640. The summed E-state index contributed by atoms with van der Waals surface area (Å²) in [6.45, 7) is 2.23. The monoisotopic (exact) mass is 150 g/mol. The average molecular weight is 151 g/mol. The molecule has 0 unspecified atom stereocenters. The van der Waals surface area contributed by atoms with Gasteiger partial charge in [0.25, 0.3) is 0 Å². The molecule has 2 nitrogen and oxygen atoms in total. The lowest BCUT2D eigenvalue weighted by atomic mass is 9.90. The molecule has 1 fully saturated rings. The first-order chi connectivity index (χ1) is 4.33. The van der Waals surface area contributed by atoms with E-state index in [1.165, 1.54) is 0 Å². The van der Waals surface area contributed by atoms with E-state index in [2.05, 4.69) is 0 Å². The summed E-state index contributed by atoms with van der Waals surface area (Å²) < 4.78 is 9.99. The maximum Gasteiger partial charge on any atom is 0.0578 e. The van der Waals surface area contributed by atoms with E-state index in [0.717, 1.165) is 19.8 Å². The highest BCUT2D eigenvalue weighted by Crippen LogP contribution is 2.28. The van der Waals surface area contributed by atoms with Gasteiger partial charge in [-0.3, -0.25) is 0 Å². The fourth-order valence-electron chi connectivity index (χ4n) is 0.896. The average Bonchev–Trinajstić information content (AvgIpc) is 1.79. The van der Waals surface area contributed by atoms with Crippen LogP contribution in [0.2, 0.25) is 0 Å². The van der Waals surface area contributed by atoms with Crippen molar-refractivity contribution in [2.75, 3.05) is 32.8 Å². The Morgan fingerprint density at radius 3 is 2.44 bits per heavy atom. The Balaban J connectivity index is 2.28. The topological polar surface area (TPSA) is 18.5 Å². The molecule has 0 aromatic heterocycles. The maximum atomic E-state index is 5.68. The first-order valence-electron chi connectivity index (χ1n) is 2.96. The van der Waals surface area contributed by atoms with E-state index in [9.17, 15) is 0 Å². The molecule has 9 heavy (non-hydrogen) atoms. The van der Waals surface area contributed by atoms with Gasteiger partial charge in [0.2, 0.25) is 0 Å². The minimum absolute atomic E-state index is 0.135. The highest BCUT2D eigenvalue weighted by molar-refractivity contribution is 6.18. The van der Waals surface area contributed by atoms with E-state index >= 15 is 0 Å². The lowest BCUT2D eigenvalue weighted by Crippen LogP contribution is -2.47. The molecule has 0 atom stereocenters. The van der Waals surface area contributed by atoms with Crippen molar-refractivity contribution < 1.29 is 9.47 Å². The van der Waals surface area contributed by atoms with E-state index < -0.39 is 0 Å². The third-order valence-electron chi connectivity index (χ3n) is 1.55. The van der Waals surface area contributed by atoms with Crippen LogP contribution in [-0.4, -0.2) is 32.8 Å². The molecule has 0 radical (unpaired) electrons. The van der Waals surface area contributed by atoms with E-state index in [1.54, 1.807) is 7.11 Å². The van der Waals surface area contributed by atoms with E-state index in [-0.39, 0.29) is 5.41 Å². The van der Waals surface area contributed by atoms with Crippen LogP contribution in [0.5, 0.6) is 0 Å². The predicted octanol–water partition coefficient (Wildman–Crippen LogP) is 0.888. The number of rotatable bonds is 3. The van der Waals surface area contributed by atoms with Crippen LogP contribution in [-0.2, 0) is 9.47 Å². The summed E-state index contributed by atoms with van der Waals surface area (Å²) >= 11 is 5.68. The van der Waals surface area contributed by atoms with Gasteiger partial charge in [-0.15, -0.1) is 11.6 Å². The molecule has 3 heteroatoms. The molecule has 0 aromatic rings. The third kappa shape index (κ3) is 1.37. The molecule has 0 bridgehead atoms. The Labute approximate surface area is 60.1 Å². The van der Waals surface area contributed by atoms with Crippen LogP contribution in [0.3, 0.4) is 0 Å². The summed E-state index contributed by atoms with van der Waals surface area (Å²) in [4.78, 5) is 0. The maximum absolute atomic E-state index is 5.68. The molecular formula is C6H11ClO2. The normalized spacial score (nSPS) is 23.3. The first-order valence-corrected chi connectivity index (χ1v) is 3.49. The standard InChI is InChI=1S/C6H11ClO2/c1-8-3-6(2-7)4-9-5-6/h2-5H2,1H3. The van der Waals surface area contributed by atoms with Crippen LogP contribution in [0.4, 0.5) is 0 Å². The molecule has 0 saturated carbocycles. The Morgan fingerprint density at radius 2 is 2.33 bits per heavy atom. The molecule has 0 spiro atoms. The van der Waals surface area contributed by atoms with Crippen molar-refractivity contribution >= 4 is 11.6 Å². The Kier molecular flexibility index (Phi) is 2.33. The van der Waals surface area contributed by atoms with Gasteiger partial charge in [-0.2, -0.15) is 0 Å².